The van der Waals surface area contributed by atoms with Gasteiger partial charge in [-0.15, -0.1) is 0 Å². The van der Waals surface area contributed by atoms with Gasteiger partial charge >= 0.3 is 0 Å². The molecule has 24 heavy (non-hydrogen) atoms. The first-order valence-electron chi connectivity index (χ1n) is 9.18. The lowest BCUT2D eigenvalue weighted by Gasteiger charge is -2.08. The number of unbranched alkanes of at least 4 members (excludes halogenated alkanes) is 6. The molecular weight excluding hydrogens is 292 g/mol. The fourth-order valence-electron chi connectivity index (χ4n) is 2.83. The van der Waals surface area contributed by atoms with Crippen molar-refractivity contribution in [2.45, 2.75) is 51.9 Å². The van der Waals surface area contributed by atoms with Gasteiger partial charge in [-0.2, -0.15) is 5.26 Å². The zero-order valence-electron chi connectivity index (χ0n) is 14.7. The Morgan fingerprint density at radius 3 is 1.88 bits per heavy atom. The molecule has 0 aliphatic carbocycles. The highest BCUT2D eigenvalue weighted by atomic mass is 14.9. The fraction of sp³-hybridized carbons (Fsp3) is 0.409. The van der Waals surface area contributed by atoms with Gasteiger partial charge in [-0.1, -0.05) is 69.7 Å². The van der Waals surface area contributed by atoms with E-state index in [1.807, 2.05) is 24.3 Å². The van der Waals surface area contributed by atoms with Crippen molar-refractivity contribution in [2.75, 3.05) is 11.9 Å². The van der Waals surface area contributed by atoms with Gasteiger partial charge < -0.3 is 5.32 Å². The number of nitrogens with one attached hydrogen (secondary N) is 1. The lowest BCUT2D eigenvalue weighted by atomic mass is 10.0. The third-order valence-electron chi connectivity index (χ3n) is 4.34. The molecule has 2 rings (SSSR count). The van der Waals surface area contributed by atoms with Crippen molar-refractivity contribution >= 4 is 5.69 Å². The number of benzene rings is 2. The van der Waals surface area contributed by atoms with E-state index in [9.17, 15) is 0 Å². The molecule has 2 heteroatoms. The smallest absolute Gasteiger partial charge is 0.0991 e. The molecular formula is C22H28N2. The summed E-state index contributed by atoms with van der Waals surface area (Å²) in [6.45, 7) is 3.31. The van der Waals surface area contributed by atoms with Gasteiger partial charge in [0.05, 0.1) is 11.6 Å². The van der Waals surface area contributed by atoms with E-state index in [0.29, 0.717) is 5.56 Å². The molecule has 0 radical (unpaired) electrons. The quantitative estimate of drug-likeness (QED) is 0.515. The number of anilines is 1. The molecule has 2 nitrogen and oxygen atoms in total. The Morgan fingerprint density at radius 2 is 1.29 bits per heavy atom. The summed E-state index contributed by atoms with van der Waals surface area (Å²) >= 11 is 0. The molecule has 0 fully saturated rings. The Bertz CT molecular complexity index is 621. The van der Waals surface area contributed by atoms with E-state index in [0.717, 1.165) is 12.1 Å². The maximum absolute atomic E-state index is 8.85. The van der Waals surface area contributed by atoms with Crippen molar-refractivity contribution in [2.24, 2.45) is 0 Å². The number of hydrogen-bond acceptors (Lipinski definition) is 2. The highest BCUT2D eigenvalue weighted by Crippen LogP contribution is 2.22. The van der Waals surface area contributed by atoms with Crippen LogP contribution in [-0.2, 0) is 0 Å². The van der Waals surface area contributed by atoms with Crippen LogP contribution in [0.15, 0.2) is 48.5 Å². The van der Waals surface area contributed by atoms with Crippen LogP contribution in [0.25, 0.3) is 11.1 Å². The molecule has 2 aromatic rings. The van der Waals surface area contributed by atoms with Crippen LogP contribution in [-0.4, -0.2) is 6.54 Å². The number of nitrogens with zero attached hydrogens (tertiary/aromatic N) is 1. The van der Waals surface area contributed by atoms with E-state index in [2.05, 4.69) is 42.6 Å². The van der Waals surface area contributed by atoms with Crippen LogP contribution >= 0.6 is 0 Å². The van der Waals surface area contributed by atoms with Crippen LogP contribution in [0.2, 0.25) is 0 Å². The van der Waals surface area contributed by atoms with Crippen LogP contribution in [0.5, 0.6) is 0 Å². The average molecular weight is 320 g/mol. The Balaban J connectivity index is 1.71. The van der Waals surface area contributed by atoms with Gasteiger partial charge in [-0.05, 0) is 41.8 Å². The van der Waals surface area contributed by atoms with Gasteiger partial charge in [0.1, 0.15) is 0 Å². The van der Waals surface area contributed by atoms with Crippen LogP contribution in [0.4, 0.5) is 5.69 Å². The van der Waals surface area contributed by atoms with Crippen molar-refractivity contribution < 1.29 is 0 Å². The predicted molar refractivity (Wildman–Crippen MR) is 103 cm³/mol. The van der Waals surface area contributed by atoms with Crippen molar-refractivity contribution in [3.63, 3.8) is 0 Å². The van der Waals surface area contributed by atoms with Crippen molar-refractivity contribution in [1.82, 2.24) is 0 Å². The number of rotatable bonds is 10. The van der Waals surface area contributed by atoms with Gasteiger partial charge in [-0.25, -0.2) is 0 Å². The second-order valence-electron chi connectivity index (χ2n) is 6.31. The molecule has 2 aromatic carbocycles. The summed E-state index contributed by atoms with van der Waals surface area (Å²) in [6.07, 6.45) is 9.39. The summed E-state index contributed by atoms with van der Waals surface area (Å²) in [7, 11) is 0. The third-order valence-corrected chi connectivity index (χ3v) is 4.34. The van der Waals surface area contributed by atoms with Crippen molar-refractivity contribution in [3.05, 3.63) is 54.1 Å². The standard InChI is InChI=1S/C22H28N2/c1-2-3-4-5-6-7-8-17-24-22-15-13-21(14-16-22)20-11-9-19(18-23)10-12-20/h9-16,24H,2-8,17H2,1H3. The Labute approximate surface area is 146 Å². The minimum Gasteiger partial charge on any atom is -0.385 e. The average Bonchev–Trinajstić information content (AvgIpc) is 2.64. The molecule has 0 aliphatic rings. The summed E-state index contributed by atoms with van der Waals surface area (Å²) in [6, 6.07) is 18.4. The van der Waals surface area contributed by atoms with Gasteiger partial charge in [0.15, 0.2) is 0 Å². The van der Waals surface area contributed by atoms with Gasteiger partial charge in [0.25, 0.3) is 0 Å². The van der Waals surface area contributed by atoms with Crippen molar-refractivity contribution in [3.8, 4) is 17.2 Å². The Hall–Kier alpha value is -2.27. The third kappa shape index (κ3) is 6.08. The molecule has 0 atom stereocenters. The van der Waals surface area contributed by atoms with E-state index in [4.69, 9.17) is 5.26 Å². The van der Waals surface area contributed by atoms with Crippen LogP contribution in [0, 0.1) is 11.3 Å². The van der Waals surface area contributed by atoms with Crippen LogP contribution in [0.3, 0.4) is 0 Å². The molecule has 0 saturated carbocycles. The normalized spacial score (nSPS) is 10.3. The summed E-state index contributed by atoms with van der Waals surface area (Å²) in [4.78, 5) is 0. The fourth-order valence-corrected chi connectivity index (χ4v) is 2.83. The Kier molecular flexibility index (Phi) is 7.90. The molecule has 0 amide bonds. The minimum absolute atomic E-state index is 0.701. The van der Waals surface area contributed by atoms with E-state index in [1.165, 1.54) is 56.2 Å². The van der Waals surface area contributed by atoms with Gasteiger partial charge in [0.2, 0.25) is 0 Å². The maximum atomic E-state index is 8.85. The molecule has 126 valence electrons. The molecule has 0 bridgehead atoms. The largest absolute Gasteiger partial charge is 0.385 e. The summed E-state index contributed by atoms with van der Waals surface area (Å²) in [5.74, 6) is 0. The maximum Gasteiger partial charge on any atom is 0.0991 e. The molecule has 0 aliphatic heterocycles. The van der Waals surface area contributed by atoms with Crippen LogP contribution in [0.1, 0.15) is 57.4 Å². The summed E-state index contributed by atoms with van der Waals surface area (Å²) in [5, 5.41) is 12.4. The van der Waals surface area contributed by atoms with Crippen molar-refractivity contribution in [1.29, 1.82) is 5.26 Å². The monoisotopic (exact) mass is 320 g/mol. The molecule has 0 heterocycles. The topological polar surface area (TPSA) is 35.8 Å². The first-order valence-corrected chi connectivity index (χ1v) is 9.18. The molecule has 0 aromatic heterocycles. The highest BCUT2D eigenvalue weighted by molar-refractivity contribution is 5.66. The first kappa shape index (κ1) is 18.1. The molecule has 0 spiro atoms. The van der Waals surface area contributed by atoms with E-state index in [-0.39, 0.29) is 0 Å². The summed E-state index contributed by atoms with van der Waals surface area (Å²) in [5.41, 5.74) is 4.21. The number of nitriles is 1. The second-order valence-corrected chi connectivity index (χ2v) is 6.31. The predicted octanol–water partition coefficient (Wildman–Crippen LogP) is 6.39. The Morgan fingerprint density at radius 1 is 0.750 bits per heavy atom. The second kappa shape index (κ2) is 10.5. The van der Waals surface area contributed by atoms with Gasteiger partial charge in [0, 0.05) is 12.2 Å². The zero-order valence-corrected chi connectivity index (χ0v) is 14.7. The lowest BCUT2D eigenvalue weighted by molar-refractivity contribution is 0.596. The summed E-state index contributed by atoms with van der Waals surface area (Å²) < 4.78 is 0. The van der Waals surface area contributed by atoms with E-state index < -0.39 is 0 Å². The SMILES string of the molecule is CCCCCCCCCNc1ccc(-c2ccc(C#N)cc2)cc1. The number of hydrogen-bond donors (Lipinski definition) is 1. The van der Waals surface area contributed by atoms with Crippen LogP contribution < -0.4 is 5.32 Å². The van der Waals surface area contributed by atoms with E-state index in [1.54, 1.807) is 0 Å². The highest BCUT2D eigenvalue weighted by Gasteiger charge is 1.99. The minimum atomic E-state index is 0.701. The molecule has 0 saturated heterocycles. The zero-order chi connectivity index (χ0) is 17.0. The van der Waals surface area contributed by atoms with Gasteiger partial charge in [-0.3, -0.25) is 0 Å². The van der Waals surface area contributed by atoms with E-state index >= 15 is 0 Å². The first-order chi connectivity index (χ1) is 11.8. The lowest BCUT2D eigenvalue weighted by Crippen LogP contribution is -2.01. The molecule has 1 N–H and O–H groups in total. The molecule has 0 unspecified atom stereocenters.